The van der Waals surface area contributed by atoms with Crippen LogP contribution >= 0.6 is 0 Å². The van der Waals surface area contributed by atoms with E-state index in [0.29, 0.717) is 29.3 Å². The second kappa shape index (κ2) is 13.1. The van der Waals surface area contributed by atoms with E-state index in [9.17, 15) is 0 Å². The predicted octanol–water partition coefficient (Wildman–Crippen LogP) is 12.7. The Hall–Kier alpha value is -6.07. The van der Waals surface area contributed by atoms with E-state index in [2.05, 4.69) is 119 Å². The van der Waals surface area contributed by atoms with Crippen LogP contribution in [-0.4, -0.2) is 15.0 Å². The fourth-order valence-electron chi connectivity index (χ4n) is 9.17. The summed E-state index contributed by atoms with van der Waals surface area (Å²) in [7, 11) is 0. The Morgan fingerprint density at radius 1 is 0.527 bits per heavy atom. The van der Waals surface area contributed by atoms with Gasteiger partial charge in [0, 0.05) is 39.7 Å². The van der Waals surface area contributed by atoms with E-state index in [4.69, 9.17) is 24.1 Å². The Bertz CT molecular complexity index is 2710. The van der Waals surface area contributed by atoms with E-state index < -0.39 is 0 Å². The molecule has 0 fully saturated rings. The van der Waals surface area contributed by atoms with Gasteiger partial charge in [0.25, 0.3) is 0 Å². The van der Waals surface area contributed by atoms with Crippen LogP contribution in [0.2, 0.25) is 0 Å². The number of hydrogen-bond donors (Lipinski definition) is 0. The van der Waals surface area contributed by atoms with Crippen LogP contribution in [0.3, 0.4) is 0 Å². The minimum Gasteiger partial charge on any atom is -0.438 e. The van der Waals surface area contributed by atoms with Crippen molar-refractivity contribution in [1.82, 2.24) is 15.0 Å². The van der Waals surface area contributed by atoms with Crippen LogP contribution in [0.5, 0.6) is 11.8 Å². The highest BCUT2D eigenvalue weighted by Crippen LogP contribution is 2.48. The average Bonchev–Trinajstić information content (AvgIpc) is 3.86. The second-order valence-electron chi connectivity index (χ2n) is 16.3. The smallest absolute Gasteiger partial charge is 0.227 e. The van der Waals surface area contributed by atoms with Gasteiger partial charge in [-0.25, -0.2) is 15.0 Å². The first kappa shape index (κ1) is 33.5. The number of pyridine rings is 3. The first-order chi connectivity index (χ1) is 26.8. The largest absolute Gasteiger partial charge is 0.438 e. The molecule has 0 radical (unpaired) electrons. The van der Waals surface area contributed by atoms with Crippen molar-refractivity contribution in [2.45, 2.75) is 65.2 Å². The molecule has 0 aliphatic heterocycles. The van der Waals surface area contributed by atoms with Crippen LogP contribution in [-0.2, 0) is 25.7 Å². The molecule has 4 aromatic heterocycles. The van der Waals surface area contributed by atoms with Gasteiger partial charge in [0.2, 0.25) is 17.5 Å². The summed E-state index contributed by atoms with van der Waals surface area (Å²) in [6, 6.07) is 44.7. The number of rotatable bonds is 7. The van der Waals surface area contributed by atoms with Gasteiger partial charge in [-0.05, 0) is 112 Å². The maximum atomic E-state index is 6.55. The highest BCUT2D eigenvalue weighted by Gasteiger charge is 2.43. The van der Waals surface area contributed by atoms with Gasteiger partial charge in [-0.2, -0.15) is 0 Å². The van der Waals surface area contributed by atoms with Crippen molar-refractivity contribution in [3.05, 3.63) is 161 Å². The molecule has 2 aliphatic rings. The highest BCUT2D eigenvalue weighted by atomic mass is 16.5. The van der Waals surface area contributed by atoms with E-state index in [0.717, 1.165) is 70.1 Å². The summed E-state index contributed by atoms with van der Waals surface area (Å²) in [6.07, 6.45) is 4.32. The summed E-state index contributed by atoms with van der Waals surface area (Å²) < 4.78 is 13.0. The summed E-state index contributed by atoms with van der Waals surface area (Å²) >= 11 is 0. The van der Waals surface area contributed by atoms with Crippen molar-refractivity contribution in [3.8, 4) is 45.4 Å². The van der Waals surface area contributed by atoms with E-state index in [1.165, 1.54) is 39.1 Å². The van der Waals surface area contributed by atoms with E-state index in [1.807, 2.05) is 36.4 Å². The molecule has 5 heteroatoms. The van der Waals surface area contributed by atoms with Crippen LogP contribution in [0.25, 0.3) is 55.7 Å². The fourth-order valence-corrected chi connectivity index (χ4v) is 9.17. The Balaban J connectivity index is 0.976. The molecule has 270 valence electrons. The van der Waals surface area contributed by atoms with Crippen molar-refractivity contribution < 1.29 is 9.15 Å². The second-order valence-corrected chi connectivity index (χ2v) is 16.3. The normalized spacial score (nSPS) is 14.4. The fraction of sp³-hybridized carbons (Fsp3) is 0.220. The third-order valence-corrected chi connectivity index (χ3v) is 11.8. The predicted molar refractivity (Wildman–Crippen MR) is 222 cm³/mol. The molecule has 0 bridgehead atoms. The van der Waals surface area contributed by atoms with Crippen LogP contribution in [0.4, 0.5) is 0 Å². The molecule has 1 spiro atoms. The average molecular weight is 718 g/mol. The number of benzene rings is 4. The van der Waals surface area contributed by atoms with Crippen molar-refractivity contribution in [1.29, 1.82) is 0 Å². The zero-order valence-corrected chi connectivity index (χ0v) is 31.8. The van der Waals surface area contributed by atoms with E-state index in [-0.39, 0.29) is 5.41 Å². The van der Waals surface area contributed by atoms with Crippen molar-refractivity contribution in [2.75, 3.05) is 0 Å². The lowest BCUT2D eigenvalue weighted by atomic mass is 9.82. The number of ether oxygens (including phenoxy) is 1. The molecular formula is C50H43N3O2. The molecule has 0 saturated heterocycles. The van der Waals surface area contributed by atoms with Crippen LogP contribution < -0.4 is 4.74 Å². The molecule has 5 nitrogen and oxygen atoms in total. The maximum absolute atomic E-state index is 6.55. The van der Waals surface area contributed by atoms with Gasteiger partial charge >= 0.3 is 0 Å². The first-order valence-electron chi connectivity index (χ1n) is 19.6. The lowest BCUT2D eigenvalue weighted by Crippen LogP contribution is -2.21. The summed E-state index contributed by atoms with van der Waals surface area (Å²) in [5.41, 5.74) is 15.9. The molecule has 8 aromatic rings. The molecule has 0 amide bonds. The molecule has 2 aliphatic carbocycles. The number of nitrogens with zero attached hydrogens (tertiary/aromatic N) is 3. The first-order valence-corrected chi connectivity index (χ1v) is 19.6. The Morgan fingerprint density at radius 3 is 1.96 bits per heavy atom. The minimum atomic E-state index is 0.245. The number of aromatic nitrogens is 3. The third-order valence-electron chi connectivity index (χ3n) is 11.8. The lowest BCUT2D eigenvalue weighted by Gasteiger charge is -2.21. The van der Waals surface area contributed by atoms with Gasteiger partial charge in [-0.1, -0.05) is 113 Å². The topological polar surface area (TPSA) is 61.0 Å². The molecule has 10 rings (SSSR count). The van der Waals surface area contributed by atoms with E-state index >= 15 is 0 Å². The number of furan rings is 1. The summed E-state index contributed by atoms with van der Waals surface area (Å²) in [6.45, 7) is 9.02. The Morgan fingerprint density at radius 2 is 1.22 bits per heavy atom. The molecule has 4 heterocycles. The molecule has 0 N–H and O–H groups in total. The van der Waals surface area contributed by atoms with Gasteiger partial charge in [0.05, 0.1) is 11.4 Å². The van der Waals surface area contributed by atoms with Crippen LogP contribution in [0.15, 0.2) is 132 Å². The summed E-state index contributed by atoms with van der Waals surface area (Å²) in [5.74, 6) is 1.69. The van der Waals surface area contributed by atoms with Crippen molar-refractivity contribution >= 4 is 22.1 Å². The molecule has 4 aromatic carbocycles. The zero-order valence-electron chi connectivity index (χ0n) is 31.8. The van der Waals surface area contributed by atoms with Gasteiger partial charge in [0.15, 0.2) is 0 Å². The molecular weight excluding hydrogens is 675 g/mol. The quantitative estimate of drug-likeness (QED) is 0.164. The number of hydrogen-bond acceptors (Lipinski definition) is 5. The maximum Gasteiger partial charge on any atom is 0.227 e. The van der Waals surface area contributed by atoms with Crippen molar-refractivity contribution in [3.63, 3.8) is 0 Å². The summed E-state index contributed by atoms with van der Waals surface area (Å²) in [5, 5.41) is 2.16. The standard InChI is InChI=1S/C50H43N3O2/c1-30(2)38-16-10-17-39(31(3)4)48(38)36-23-43(32-12-6-5-7-13-32)52-47(25-36)55-46-19-11-18-42(51-46)33-20-21-40-41-22-37-28-50(26-34-14-8-9-15-35(34)27-50)29-44(37)53-49(41)54-45(40)24-33/h5-25,30-31H,26-29H2,1-4H3. The molecule has 0 unspecified atom stereocenters. The lowest BCUT2D eigenvalue weighted by molar-refractivity contribution is 0.325. The van der Waals surface area contributed by atoms with Crippen LogP contribution in [0, 0.1) is 5.41 Å². The third kappa shape index (κ3) is 5.99. The minimum absolute atomic E-state index is 0.245. The molecule has 55 heavy (non-hydrogen) atoms. The Kier molecular flexibility index (Phi) is 7.95. The van der Waals surface area contributed by atoms with Gasteiger partial charge in [0.1, 0.15) is 5.58 Å². The van der Waals surface area contributed by atoms with Crippen molar-refractivity contribution in [2.24, 2.45) is 5.41 Å². The van der Waals surface area contributed by atoms with Crippen LogP contribution in [0.1, 0.15) is 73.0 Å². The monoisotopic (exact) mass is 717 g/mol. The SMILES string of the molecule is CC(C)c1cccc(C(C)C)c1-c1cc(Oc2cccc(-c3ccc4c(c3)oc3nc5c(cc34)CC3(Cc4ccccc4C3)C5)n2)nc(-c2ccccc2)c1. The molecule has 0 saturated carbocycles. The number of fused-ring (bicyclic) bond motifs is 5. The molecule has 0 atom stereocenters. The summed E-state index contributed by atoms with van der Waals surface area (Å²) in [4.78, 5) is 15.1. The Labute approximate surface area is 322 Å². The highest BCUT2D eigenvalue weighted by molar-refractivity contribution is 6.05. The van der Waals surface area contributed by atoms with Gasteiger partial charge in [-0.3, -0.25) is 0 Å². The van der Waals surface area contributed by atoms with Gasteiger partial charge in [-0.15, -0.1) is 0 Å². The van der Waals surface area contributed by atoms with Gasteiger partial charge < -0.3 is 9.15 Å². The van der Waals surface area contributed by atoms with E-state index in [1.54, 1.807) is 0 Å². The zero-order chi connectivity index (χ0) is 37.3.